The molecular weight excluding hydrogens is 314 g/mol. The first-order valence-corrected chi connectivity index (χ1v) is 7.87. The molecule has 1 atom stereocenters. The summed E-state index contributed by atoms with van der Waals surface area (Å²) in [4.78, 5) is 12.3. The summed E-state index contributed by atoms with van der Waals surface area (Å²) >= 11 is 3.41. The van der Waals surface area contributed by atoms with Gasteiger partial charge in [-0.15, -0.1) is 0 Å². The Kier molecular flexibility index (Phi) is 5.36. The van der Waals surface area contributed by atoms with Crippen LogP contribution in [-0.2, 0) is 5.33 Å². The highest BCUT2D eigenvalue weighted by molar-refractivity contribution is 9.08. The molecular formula is C17H18BrNO. The summed E-state index contributed by atoms with van der Waals surface area (Å²) in [6.07, 6.45) is 0.869. The van der Waals surface area contributed by atoms with E-state index in [2.05, 4.69) is 28.2 Å². The van der Waals surface area contributed by atoms with E-state index in [1.165, 1.54) is 0 Å². The number of carbonyl (C=O) groups excluding carboxylic acids is 1. The van der Waals surface area contributed by atoms with Gasteiger partial charge >= 0.3 is 0 Å². The molecule has 2 rings (SSSR count). The number of nitrogens with one attached hydrogen (secondary N) is 1. The SMILES string of the molecule is CCC(NC(=O)c1cccc(CBr)c1)c1ccccc1. The molecule has 1 unspecified atom stereocenters. The Labute approximate surface area is 128 Å². The van der Waals surface area contributed by atoms with Crippen LogP contribution in [0, 0.1) is 0 Å². The predicted octanol–water partition coefficient (Wildman–Crippen LogP) is 4.46. The van der Waals surface area contributed by atoms with Gasteiger partial charge in [0.15, 0.2) is 0 Å². The molecule has 0 aliphatic carbocycles. The zero-order valence-corrected chi connectivity index (χ0v) is 13.1. The van der Waals surface area contributed by atoms with E-state index < -0.39 is 0 Å². The fourth-order valence-corrected chi connectivity index (χ4v) is 2.49. The molecule has 0 aliphatic rings. The molecule has 20 heavy (non-hydrogen) atoms. The molecule has 0 spiro atoms. The van der Waals surface area contributed by atoms with Gasteiger partial charge in [0.2, 0.25) is 0 Å². The summed E-state index contributed by atoms with van der Waals surface area (Å²) in [6.45, 7) is 2.08. The lowest BCUT2D eigenvalue weighted by molar-refractivity contribution is 0.0935. The molecule has 1 amide bonds. The van der Waals surface area contributed by atoms with Crippen molar-refractivity contribution < 1.29 is 4.79 Å². The Morgan fingerprint density at radius 1 is 1.15 bits per heavy atom. The number of hydrogen-bond donors (Lipinski definition) is 1. The Bertz CT molecular complexity index is 568. The van der Waals surface area contributed by atoms with E-state index in [1.807, 2.05) is 54.6 Å². The summed E-state index contributed by atoms with van der Waals surface area (Å²) in [5, 5.41) is 3.85. The maximum atomic E-state index is 12.3. The predicted molar refractivity (Wildman–Crippen MR) is 86.0 cm³/mol. The molecule has 0 radical (unpaired) electrons. The fourth-order valence-electron chi connectivity index (χ4n) is 2.14. The maximum Gasteiger partial charge on any atom is 0.251 e. The lowest BCUT2D eigenvalue weighted by Crippen LogP contribution is -2.28. The molecule has 0 aliphatic heterocycles. The smallest absolute Gasteiger partial charge is 0.251 e. The minimum atomic E-state index is -0.0245. The van der Waals surface area contributed by atoms with Gasteiger partial charge in [-0.1, -0.05) is 65.3 Å². The summed E-state index contributed by atoms with van der Waals surface area (Å²) in [7, 11) is 0. The zero-order chi connectivity index (χ0) is 14.4. The largest absolute Gasteiger partial charge is 0.345 e. The van der Waals surface area contributed by atoms with Gasteiger partial charge in [-0.3, -0.25) is 4.79 Å². The third-order valence-electron chi connectivity index (χ3n) is 3.26. The molecule has 2 aromatic carbocycles. The highest BCUT2D eigenvalue weighted by Gasteiger charge is 2.13. The topological polar surface area (TPSA) is 29.1 Å². The van der Waals surface area contributed by atoms with Gasteiger partial charge in [0, 0.05) is 10.9 Å². The van der Waals surface area contributed by atoms with Crippen LogP contribution in [0.3, 0.4) is 0 Å². The minimum Gasteiger partial charge on any atom is -0.345 e. The third kappa shape index (κ3) is 3.70. The lowest BCUT2D eigenvalue weighted by atomic mass is 10.0. The van der Waals surface area contributed by atoms with E-state index in [-0.39, 0.29) is 11.9 Å². The molecule has 0 aromatic heterocycles. The number of benzene rings is 2. The first-order valence-electron chi connectivity index (χ1n) is 6.75. The molecule has 0 bridgehead atoms. The van der Waals surface area contributed by atoms with Crippen LogP contribution in [0.5, 0.6) is 0 Å². The van der Waals surface area contributed by atoms with Gasteiger partial charge in [0.25, 0.3) is 5.91 Å². The van der Waals surface area contributed by atoms with Gasteiger partial charge in [0.05, 0.1) is 6.04 Å². The van der Waals surface area contributed by atoms with Gasteiger partial charge in [-0.2, -0.15) is 0 Å². The van der Waals surface area contributed by atoms with E-state index in [9.17, 15) is 4.79 Å². The van der Waals surface area contributed by atoms with E-state index in [4.69, 9.17) is 0 Å². The molecule has 1 N–H and O–H groups in total. The van der Waals surface area contributed by atoms with Crippen molar-refractivity contribution in [2.75, 3.05) is 0 Å². The van der Waals surface area contributed by atoms with Crippen LogP contribution in [0.1, 0.15) is 40.9 Å². The average Bonchev–Trinajstić information content (AvgIpc) is 2.53. The van der Waals surface area contributed by atoms with Crippen molar-refractivity contribution in [2.45, 2.75) is 24.7 Å². The van der Waals surface area contributed by atoms with E-state index in [0.717, 1.165) is 22.9 Å². The Morgan fingerprint density at radius 2 is 1.90 bits per heavy atom. The zero-order valence-electron chi connectivity index (χ0n) is 11.5. The number of halogens is 1. The molecule has 0 heterocycles. The van der Waals surface area contributed by atoms with Gasteiger partial charge < -0.3 is 5.32 Å². The number of hydrogen-bond acceptors (Lipinski definition) is 1. The first-order chi connectivity index (χ1) is 9.74. The summed E-state index contributed by atoms with van der Waals surface area (Å²) in [6, 6.07) is 17.8. The van der Waals surface area contributed by atoms with Crippen molar-refractivity contribution in [2.24, 2.45) is 0 Å². The van der Waals surface area contributed by atoms with Gasteiger partial charge in [-0.05, 0) is 29.7 Å². The number of amides is 1. The summed E-state index contributed by atoms with van der Waals surface area (Å²) < 4.78 is 0. The van der Waals surface area contributed by atoms with Crippen molar-refractivity contribution in [3.8, 4) is 0 Å². The fraction of sp³-hybridized carbons (Fsp3) is 0.235. The molecule has 0 saturated heterocycles. The highest BCUT2D eigenvalue weighted by Crippen LogP contribution is 2.17. The number of alkyl halides is 1. The van der Waals surface area contributed by atoms with Crippen LogP contribution in [0.4, 0.5) is 0 Å². The molecule has 2 nitrogen and oxygen atoms in total. The monoisotopic (exact) mass is 331 g/mol. The summed E-state index contributed by atoms with van der Waals surface area (Å²) in [5.74, 6) is -0.0245. The van der Waals surface area contributed by atoms with Crippen LogP contribution in [-0.4, -0.2) is 5.91 Å². The normalized spacial score (nSPS) is 11.9. The van der Waals surface area contributed by atoms with E-state index >= 15 is 0 Å². The summed E-state index contributed by atoms with van der Waals surface area (Å²) in [5.41, 5.74) is 2.95. The quantitative estimate of drug-likeness (QED) is 0.805. The first kappa shape index (κ1) is 14.8. The van der Waals surface area contributed by atoms with Crippen molar-refractivity contribution >= 4 is 21.8 Å². The lowest BCUT2D eigenvalue weighted by Gasteiger charge is -2.17. The second-order valence-electron chi connectivity index (χ2n) is 4.68. The Morgan fingerprint density at radius 3 is 2.55 bits per heavy atom. The second kappa shape index (κ2) is 7.25. The number of rotatable bonds is 5. The molecule has 0 fully saturated rings. The third-order valence-corrected chi connectivity index (χ3v) is 3.91. The van der Waals surface area contributed by atoms with Gasteiger partial charge in [-0.25, -0.2) is 0 Å². The average molecular weight is 332 g/mol. The molecule has 0 saturated carbocycles. The minimum absolute atomic E-state index is 0.0245. The van der Waals surface area contributed by atoms with E-state index in [1.54, 1.807) is 0 Å². The van der Waals surface area contributed by atoms with Crippen LogP contribution >= 0.6 is 15.9 Å². The Balaban J connectivity index is 2.13. The highest BCUT2D eigenvalue weighted by atomic mass is 79.9. The standard InChI is InChI=1S/C17H18BrNO/c1-2-16(14-8-4-3-5-9-14)19-17(20)15-10-6-7-13(11-15)12-18/h3-11,16H,2,12H2,1H3,(H,19,20). The second-order valence-corrected chi connectivity index (χ2v) is 5.24. The molecule has 2 aromatic rings. The molecule has 3 heteroatoms. The van der Waals surface area contributed by atoms with Crippen LogP contribution in [0.2, 0.25) is 0 Å². The van der Waals surface area contributed by atoms with Crippen molar-refractivity contribution in [1.29, 1.82) is 0 Å². The van der Waals surface area contributed by atoms with E-state index in [0.29, 0.717) is 5.56 Å². The number of carbonyl (C=O) groups is 1. The maximum absolute atomic E-state index is 12.3. The van der Waals surface area contributed by atoms with Crippen LogP contribution < -0.4 is 5.32 Å². The van der Waals surface area contributed by atoms with Crippen LogP contribution in [0.25, 0.3) is 0 Å². The van der Waals surface area contributed by atoms with Crippen molar-refractivity contribution in [1.82, 2.24) is 5.32 Å². The van der Waals surface area contributed by atoms with Gasteiger partial charge in [0.1, 0.15) is 0 Å². The van der Waals surface area contributed by atoms with Crippen LogP contribution in [0.15, 0.2) is 54.6 Å². The Hall–Kier alpha value is -1.61. The van der Waals surface area contributed by atoms with Crippen molar-refractivity contribution in [3.63, 3.8) is 0 Å². The van der Waals surface area contributed by atoms with Crippen molar-refractivity contribution in [3.05, 3.63) is 71.3 Å². The molecule has 104 valence electrons.